The van der Waals surface area contributed by atoms with Crippen LogP contribution >= 0.6 is 11.3 Å². The molecule has 1 heterocycles. The number of methoxy groups -OCH3 is 1. The van der Waals surface area contributed by atoms with Gasteiger partial charge in [-0.15, -0.1) is 11.3 Å². The molecule has 0 aliphatic rings. The predicted molar refractivity (Wildman–Crippen MR) is 79.8 cm³/mol. The third-order valence-electron chi connectivity index (χ3n) is 3.03. The van der Waals surface area contributed by atoms with Crippen molar-refractivity contribution < 1.29 is 9.53 Å². The number of carbonyl (C=O) groups is 1. The standard InChI is InChI=1S/C16H18O2S/c1-16(2,3)12-7-5-11(6-8-12)13-9-10-14(19-13)15(17)18-4/h5-10H,1-4H3. The van der Waals surface area contributed by atoms with Gasteiger partial charge in [-0.05, 0) is 28.7 Å². The fourth-order valence-corrected chi connectivity index (χ4v) is 2.77. The summed E-state index contributed by atoms with van der Waals surface area (Å²) >= 11 is 1.46. The lowest BCUT2D eigenvalue weighted by molar-refractivity contribution is 0.0606. The molecule has 0 fully saturated rings. The molecule has 0 aliphatic carbocycles. The van der Waals surface area contributed by atoms with E-state index in [1.54, 1.807) is 0 Å². The van der Waals surface area contributed by atoms with E-state index in [9.17, 15) is 4.79 Å². The molecular weight excluding hydrogens is 256 g/mol. The van der Waals surface area contributed by atoms with Gasteiger partial charge in [-0.1, -0.05) is 45.0 Å². The van der Waals surface area contributed by atoms with Gasteiger partial charge in [-0.25, -0.2) is 4.79 Å². The third-order valence-corrected chi connectivity index (χ3v) is 4.14. The molecule has 2 aromatic rings. The van der Waals surface area contributed by atoms with Gasteiger partial charge in [0.05, 0.1) is 7.11 Å². The van der Waals surface area contributed by atoms with E-state index in [0.29, 0.717) is 4.88 Å². The molecule has 3 heteroatoms. The van der Waals surface area contributed by atoms with E-state index in [1.165, 1.54) is 24.0 Å². The lowest BCUT2D eigenvalue weighted by Gasteiger charge is -2.18. The van der Waals surface area contributed by atoms with Crippen LogP contribution in [-0.2, 0) is 10.2 Å². The second-order valence-electron chi connectivity index (χ2n) is 5.48. The Morgan fingerprint density at radius 3 is 2.21 bits per heavy atom. The van der Waals surface area contributed by atoms with E-state index in [2.05, 4.69) is 45.0 Å². The maximum atomic E-state index is 11.4. The van der Waals surface area contributed by atoms with Gasteiger partial charge in [0.15, 0.2) is 0 Å². The van der Waals surface area contributed by atoms with Crippen LogP contribution in [0.3, 0.4) is 0 Å². The third kappa shape index (κ3) is 3.04. The van der Waals surface area contributed by atoms with Gasteiger partial charge in [-0.2, -0.15) is 0 Å². The van der Waals surface area contributed by atoms with Gasteiger partial charge in [0.25, 0.3) is 0 Å². The second kappa shape index (κ2) is 5.17. The van der Waals surface area contributed by atoms with Crippen LogP contribution in [0.4, 0.5) is 0 Å². The topological polar surface area (TPSA) is 26.3 Å². The molecule has 0 radical (unpaired) electrons. The van der Waals surface area contributed by atoms with Crippen molar-refractivity contribution in [1.29, 1.82) is 0 Å². The van der Waals surface area contributed by atoms with Crippen LogP contribution in [0.25, 0.3) is 10.4 Å². The quantitative estimate of drug-likeness (QED) is 0.754. The average Bonchev–Trinajstić information content (AvgIpc) is 2.86. The van der Waals surface area contributed by atoms with Crippen LogP contribution in [0.2, 0.25) is 0 Å². The number of thiophene rings is 1. The Labute approximate surface area is 118 Å². The summed E-state index contributed by atoms with van der Waals surface area (Å²) in [5.41, 5.74) is 2.60. The molecule has 19 heavy (non-hydrogen) atoms. The zero-order valence-electron chi connectivity index (χ0n) is 11.7. The lowest BCUT2D eigenvalue weighted by atomic mass is 9.86. The number of ether oxygens (including phenoxy) is 1. The molecule has 0 spiro atoms. The van der Waals surface area contributed by atoms with Gasteiger partial charge >= 0.3 is 5.97 Å². The molecule has 0 saturated heterocycles. The van der Waals surface area contributed by atoms with E-state index in [1.807, 2.05) is 12.1 Å². The Bertz CT molecular complexity index is 574. The number of rotatable bonds is 2. The van der Waals surface area contributed by atoms with Crippen molar-refractivity contribution in [2.45, 2.75) is 26.2 Å². The molecule has 0 saturated carbocycles. The van der Waals surface area contributed by atoms with E-state index < -0.39 is 0 Å². The maximum absolute atomic E-state index is 11.4. The molecule has 0 aliphatic heterocycles. The summed E-state index contributed by atoms with van der Waals surface area (Å²) in [5, 5.41) is 0. The molecule has 0 amide bonds. The zero-order chi connectivity index (χ0) is 14.0. The molecule has 0 N–H and O–H groups in total. The predicted octanol–water partition coefficient (Wildman–Crippen LogP) is 4.50. The van der Waals surface area contributed by atoms with Crippen molar-refractivity contribution in [3.8, 4) is 10.4 Å². The summed E-state index contributed by atoms with van der Waals surface area (Å²) in [6.45, 7) is 6.59. The van der Waals surface area contributed by atoms with Gasteiger partial charge < -0.3 is 4.74 Å². The molecule has 1 aromatic heterocycles. The summed E-state index contributed by atoms with van der Waals surface area (Å²) in [6, 6.07) is 12.3. The highest BCUT2D eigenvalue weighted by Gasteiger charge is 2.14. The Morgan fingerprint density at radius 2 is 1.68 bits per heavy atom. The van der Waals surface area contributed by atoms with Crippen LogP contribution in [0, 0.1) is 0 Å². The van der Waals surface area contributed by atoms with Gasteiger partial charge in [0.1, 0.15) is 4.88 Å². The fraction of sp³-hybridized carbons (Fsp3) is 0.312. The first-order valence-corrected chi connectivity index (χ1v) is 7.02. The van der Waals surface area contributed by atoms with E-state index in [0.717, 1.165) is 10.4 Å². The highest BCUT2D eigenvalue weighted by atomic mass is 32.1. The highest BCUT2D eigenvalue weighted by molar-refractivity contribution is 7.17. The first-order valence-electron chi connectivity index (χ1n) is 6.21. The van der Waals surface area contributed by atoms with E-state index in [-0.39, 0.29) is 11.4 Å². The van der Waals surface area contributed by atoms with Crippen LogP contribution in [0.5, 0.6) is 0 Å². The fourth-order valence-electron chi connectivity index (χ4n) is 1.84. The van der Waals surface area contributed by atoms with E-state index in [4.69, 9.17) is 4.74 Å². The minimum atomic E-state index is -0.275. The molecule has 1 aromatic carbocycles. The first kappa shape index (κ1) is 13.8. The minimum Gasteiger partial charge on any atom is -0.465 e. The number of hydrogen-bond acceptors (Lipinski definition) is 3. The normalized spacial score (nSPS) is 11.4. The highest BCUT2D eigenvalue weighted by Crippen LogP contribution is 2.30. The van der Waals surface area contributed by atoms with Gasteiger partial charge in [0.2, 0.25) is 0 Å². The molecule has 2 nitrogen and oxygen atoms in total. The summed E-state index contributed by atoms with van der Waals surface area (Å²) in [4.78, 5) is 13.2. The maximum Gasteiger partial charge on any atom is 0.348 e. The molecule has 0 bridgehead atoms. The number of esters is 1. The number of hydrogen-bond donors (Lipinski definition) is 0. The smallest absolute Gasteiger partial charge is 0.348 e. The first-order chi connectivity index (χ1) is 8.91. The number of carbonyl (C=O) groups excluding carboxylic acids is 1. The Kier molecular flexibility index (Phi) is 3.76. The molecule has 0 unspecified atom stereocenters. The summed E-state index contributed by atoms with van der Waals surface area (Å²) in [7, 11) is 1.40. The van der Waals surface area contributed by atoms with E-state index >= 15 is 0 Å². The van der Waals surface area contributed by atoms with Crippen molar-refractivity contribution in [2.75, 3.05) is 7.11 Å². The molecule has 2 rings (SSSR count). The lowest BCUT2D eigenvalue weighted by Crippen LogP contribution is -2.10. The minimum absolute atomic E-state index is 0.158. The van der Waals surface area contributed by atoms with Crippen LogP contribution < -0.4 is 0 Å². The Balaban J connectivity index is 2.28. The summed E-state index contributed by atoms with van der Waals surface area (Å²) in [5.74, 6) is -0.275. The molecular formula is C16H18O2S. The van der Waals surface area contributed by atoms with Crippen LogP contribution in [-0.4, -0.2) is 13.1 Å². The van der Waals surface area contributed by atoms with Crippen LogP contribution in [0.15, 0.2) is 36.4 Å². The monoisotopic (exact) mass is 274 g/mol. The SMILES string of the molecule is COC(=O)c1ccc(-c2ccc(C(C)(C)C)cc2)s1. The largest absolute Gasteiger partial charge is 0.465 e. The van der Waals surface area contributed by atoms with Crippen LogP contribution in [0.1, 0.15) is 36.0 Å². The van der Waals surface area contributed by atoms with Gasteiger partial charge in [0, 0.05) is 4.88 Å². The van der Waals surface area contributed by atoms with Crippen molar-refractivity contribution in [3.05, 3.63) is 46.8 Å². The van der Waals surface area contributed by atoms with Crippen molar-refractivity contribution in [2.24, 2.45) is 0 Å². The van der Waals surface area contributed by atoms with Crippen molar-refractivity contribution >= 4 is 17.3 Å². The summed E-state index contributed by atoms with van der Waals surface area (Å²) in [6.07, 6.45) is 0. The Morgan fingerprint density at radius 1 is 1.05 bits per heavy atom. The second-order valence-corrected chi connectivity index (χ2v) is 6.57. The molecule has 100 valence electrons. The van der Waals surface area contributed by atoms with Crippen molar-refractivity contribution in [3.63, 3.8) is 0 Å². The zero-order valence-corrected chi connectivity index (χ0v) is 12.5. The van der Waals surface area contributed by atoms with Crippen molar-refractivity contribution in [1.82, 2.24) is 0 Å². The average molecular weight is 274 g/mol. The number of benzene rings is 1. The molecule has 0 atom stereocenters. The van der Waals surface area contributed by atoms with Gasteiger partial charge in [-0.3, -0.25) is 0 Å². The Hall–Kier alpha value is -1.61. The summed E-state index contributed by atoms with van der Waals surface area (Å²) < 4.78 is 4.72.